The van der Waals surface area contributed by atoms with E-state index in [-0.39, 0.29) is 5.41 Å². The first-order valence-corrected chi connectivity index (χ1v) is 5.91. The molecule has 0 saturated carbocycles. The fraction of sp³-hybridized carbons (Fsp3) is 0.308. The van der Waals surface area contributed by atoms with Gasteiger partial charge in [-0.25, -0.2) is 0 Å². The summed E-state index contributed by atoms with van der Waals surface area (Å²) >= 11 is 0. The Labute approximate surface area is 105 Å². The highest BCUT2D eigenvalue weighted by atomic mass is 15.3. The summed E-state index contributed by atoms with van der Waals surface area (Å²) in [6, 6.07) is 5.86. The zero-order chi connectivity index (χ0) is 12.8. The van der Waals surface area contributed by atoms with Crippen molar-refractivity contribution in [1.29, 1.82) is 0 Å². The van der Waals surface area contributed by atoms with Gasteiger partial charge < -0.3 is 0 Å². The number of aromatic nitrogens is 5. The molecule has 92 valence electrons. The van der Waals surface area contributed by atoms with E-state index in [9.17, 15) is 0 Å². The van der Waals surface area contributed by atoms with Gasteiger partial charge in [0, 0.05) is 11.6 Å². The van der Waals surface area contributed by atoms with Crippen molar-refractivity contribution >= 4 is 5.65 Å². The minimum absolute atomic E-state index is 0.00749. The van der Waals surface area contributed by atoms with Crippen molar-refractivity contribution in [3.63, 3.8) is 0 Å². The molecule has 1 N–H and O–H groups in total. The first-order valence-electron chi connectivity index (χ1n) is 5.91. The predicted octanol–water partition coefficient (Wildman–Crippen LogP) is 2.42. The van der Waals surface area contributed by atoms with Gasteiger partial charge in [0.1, 0.15) is 0 Å². The number of aromatic amines is 1. The molecular formula is C13H15N5. The van der Waals surface area contributed by atoms with Gasteiger partial charge in [0.05, 0.1) is 17.5 Å². The van der Waals surface area contributed by atoms with Gasteiger partial charge in [-0.1, -0.05) is 26.8 Å². The number of pyridine rings is 1. The molecule has 3 heterocycles. The highest BCUT2D eigenvalue weighted by molar-refractivity contribution is 5.62. The lowest BCUT2D eigenvalue weighted by Gasteiger charge is -2.17. The molecule has 0 radical (unpaired) electrons. The van der Waals surface area contributed by atoms with Crippen LogP contribution in [0.1, 0.15) is 26.5 Å². The average Bonchev–Trinajstić information content (AvgIpc) is 2.93. The second-order valence-electron chi connectivity index (χ2n) is 5.36. The van der Waals surface area contributed by atoms with Crippen LogP contribution in [0.15, 0.2) is 30.6 Å². The molecule has 0 fully saturated rings. The minimum Gasteiger partial charge on any atom is -0.282 e. The highest BCUT2D eigenvalue weighted by Gasteiger charge is 2.23. The Morgan fingerprint density at radius 2 is 2.00 bits per heavy atom. The molecular weight excluding hydrogens is 226 g/mol. The minimum atomic E-state index is -0.00749. The molecule has 0 aromatic carbocycles. The van der Waals surface area contributed by atoms with Crippen LogP contribution in [-0.2, 0) is 5.41 Å². The van der Waals surface area contributed by atoms with E-state index in [2.05, 4.69) is 41.2 Å². The van der Waals surface area contributed by atoms with Gasteiger partial charge in [0.25, 0.3) is 0 Å². The summed E-state index contributed by atoms with van der Waals surface area (Å²) in [7, 11) is 0. The Morgan fingerprint density at radius 3 is 2.78 bits per heavy atom. The maximum absolute atomic E-state index is 4.26. The summed E-state index contributed by atoms with van der Waals surface area (Å²) in [5, 5.41) is 15.6. The van der Waals surface area contributed by atoms with E-state index in [0.717, 1.165) is 22.7 Å². The Kier molecular flexibility index (Phi) is 2.23. The zero-order valence-electron chi connectivity index (χ0n) is 10.7. The number of hydrogen-bond acceptors (Lipinski definition) is 3. The molecule has 0 aliphatic carbocycles. The normalized spacial score (nSPS) is 12.2. The van der Waals surface area contributed by atoms with Gasteiger partial charge in [0.15, 0.2) is 11.5 Å². The summed E-state index contributed by atoms with van der Waals surface area (Å²) in [6.45, 7) is 6.44. The maximum Gasteiger partial charge on any atom is 0.171 e. The second-order valence-corrected chi connectivity index (χ2v) is 5.36. The largest absolute Gasteiger partial charge is 0.282 e. The topological polar surface area (TPSA) is 58.9 Å². The van der Waals surface area contributed by atoms with E-state index in [1.54, 1.807) is 0 Å². The standard InChI is InChI=1S/C13H15N5/c1-13(2,3)11-9(8-14-16-11)12-17-15-10-6-4-5-7-18(10)12/h4-8H,1-3H3,(H,14,16). The molecule has 18 heavy (non-hydrogen) atoms. The van der Waals surface area contributed by atoms with E-state index in [0.29, 0.717) is 0 Å². The van der Waals surface area contributed by atoms with Gasteiger partial charge in [-0.2, -0.15) is 5.10 Å². The lowest BCUT2D eigenvalue weighted by atomic mass is 9.89. The molecule has 5 nitrogen and oxygen atoms in total. The number of hydrogen-bond donors (Lipinski definition) is 1. The van der Waals surface area contributed by atoms with Crippen LogP contribution >= 0.6 is 0 Å². The van der Waals surface area contributed by atoms with Crippen molar-refractivity contribution in [2.24, 2.45) is 0 Å². The number of fused-ring (bicyclic) bond motifs is 1. The number of nitrogens with one attached hydrogen (secondary N) is 1. The number of H-pyrrole nitrogens is 1. The summed E-state index contributed by atoms with van der Waals surface area (Å²) < 4.78 is 1.97. The molecule has 0 atom stereocenters. The molecule has 0 bridgehead atoms. The Morgan fingerprint density at radius 1 is 1.17 bits per heavy atom. The SMILES string of the molecule is CC(C)(C)c1[nH]ncc1-c1nnc2ccccn12. The third kappa shape index (κ3) is 1.59. The number of rotatable bonds is 1. The van der Waals surface area contributed by atoms with Crippen molar-refractivity contribution in [3.8, 4) is 11.4 Å². The molecule has 3 aromatic heterocycles. The molecule has 3 aromatic rings. The third-order valence-corrected chi connectivity index (χ3v) is 2.94. The van der Waals surface area contributed by atoms with Crippen molar-refractivity contribution < 1.29 is 0 Å². The Balaban J connectivity index is 2.25. The lowest BCUT2D eigenvalue weighted by molar-refractivity contribution is 0.568. The monoisotopic (exact) mass is 241 g/mol. The van der Waals surface area contributed by atoms with Crippen LogP contribution in [0.25, 0.3) is 17.0 Å². The fourth-order valence-corrected chi connectivity index (χ4v) is 2.05. The molecule has 3 rings (SSSR count). The van der Waals surface area contributed by atoms with Crippen LogP contribution in [0.5, 0.6) is 0 Å². The molecule has 0 saturated heterocycles. The Bertz CT molecular complexity index is 687. The maximum atomic E-state index is 4.26. The molecule has 0 unspecified atom stereocenters. The van der Waals surface area contributed by atoms with Crippen LogP contribution in [0.2, 0.25) is 0 Å². The first kappa shape index (κ1) is 11.0. The molecule has 0 spiro atoms. The van der Waals surface area contributed by atoms with E-state index in [1.807, 2.05) is 35.0 Å². The van der Waals surface area contributed by atoms with Gasteiger partial charge in [0.2, 0.25) is 0 Å². The smallest absolute Gasteiger partial charge is 0.171 e. The fourth-order valence-electron chi connectivity index (χ4n) is 2.05. The number of nitrogens with zero attached hydrogens (tertiary/aromatic N) is 4. The molecule has 5 heteroatoms. The third-order valence-electron chi connectivity index (χ3n) is 2.94. The summed E-state index contributed by atoms with van der Waals surface area (Å²) in [4.78, 5) is 0. The van der Waals surface area contributed by atoms with Crippen molar-refractivity contribution in [2.75, 3.05) is 0 Å². The molecule has 0 amide bonds. The van der Waals surface area contributed by atoms with E-state index >= 15 is 0 Å². The van der Waals surface area contributed by atoms with Gasteiger partial charge >= 0.3 is 0 Å². The highest BCUT2D eigenvalue weighted by Crippen LogP contribution is 2.30. The van der Waals surface area contributed by atoms with E-state index in [4.69, 9.17) is 0 Å². The second kappa shape index (κ2) is 3.66. The molecule has 0 aliphatic heterocycles. The van der Waals surface area contributed by atoms with Crippen molar-refractivity contribution in [1.82, 2.24) is 24.8 Å². The zero-order valence-corrected chi connectivity index (χ0v) is 10.7. The lowest BCUT2D eigenvalue weighted by Crippen LogP contribution is -2.13. The van der Waals surface area contributed by atoms with Crippen LogP contribution in [-0.4, -0.2) is 24.8 Å². The first-order chi connectivity index (χ1) is 8.57. The van der Waals surface area contributed by atoms with Gasteiger partial charge in [-0.05, 0) is 12.1 Å². The van der Waals surface area contributed by atoms with Crippen LogP contribution < -0.4 is 0 Å². The van der Waals surface area contributed by atoms with Crippen LogP contribution in [0.4, 0.5) is 0 Å². The molecule has 0 aliphatic rings. The van der Waals surface area contributed by atoms with E-state index < -0.39 is 0 Å². The van der Waals surface area contributed by atoms with Crippen molar-refractivity contribution in [3.05, 3.63) is 36.3 Å². The van der Waals surface area contributed by atoms with Crippen molar-refractivity contribution in [2.45, 2.75) is 26.2 Å². The van der Waals surface area contributed by atoms with Crippen LogP contribution in [0.3, 0.4) is 0 Å². The average molecular weight is 241 g/mol. The summed E-state index contributed by atoms with van der Waals surface area (Å²) in [5.41, 5.74) is 2.90. The van der Waals surface area contributed by atoms with Gasteiger partial charge in [-0.15, -0.1) is 10.2 Å². The quantitative estimate of drug-likeness (QED) is 0.711. The summed E-state index contributed by atoms with van der Waals surface area (Å²) in [6.07, 6.45) is 3.77. The predicted molar refractivity (Wildman–Crippen MR) is 69.3 cm³/mol. The Hall–Kier alpha value is -2.17. The van der Waals surface area contributed by atoms with Crippen LogP contribution in [0, 0.1) is 0 Å². The summed E-state index contributed by atoms with van der Waals surface area (Å²) in [5.74, 6) is 0.823. The van der Waals surface area contributed by atoms with Gasteiger partial charge in [-0.3, -0.25) is 9.50 Å². The van der Waals surface area contributed by atoms with E-state index in [1.165, 1.54) is 0 Å².